The smallest absolute Gasteiger partial charge is 0.195 e. The van der Waals surface area contributed by atoms with Crippen molar-refractivity contribution in [1.82, 2.24) is 5.32 Å². The Morgan fingerprint density at radius 2 is 1.52 bits per heavy atom. The molecule has 112 valence electrons. The van der Waals surface area contributed by atoms with E-state index in [0.717, 1.165) is 6.42 Å². The van der Waals surface area contributed by atoms with Crippen molar-refractivity contribution >= 4 is 9.84 Å². The van der Waals surface area contributed by atoms with E-state index in [1.165, 1.54) is 5.56 Å². The summed E-state index contributed by atoms with van der Waals surface area (Å²) >= 11 is 0. The Labute approximate surface area is 125 Å². The average Bonchev–Trinajstić information content (AvgIpc) is 2.53. The molecule has 0 saturated heterocycles. The van der Waals surface area contributed by atoms with Gasteiger partial charge in [-0.05, 0) is 30.7 Å². The summed E-state index contributed by atoms with van der Waals surface area (Å²) in [4.78, 5) is 0.266. The molecular formula is C16H20N2O2S. The summed E-state index contributed by atoms with van der Waals surface area (Å²) in [7, 11) is -3.47. The van der Waals surface area contributed by atoms with Gasteiger partial charge in [0.2, 0.25) is 0 Å². The van der Waals surface area contributed by atoms with Gasteiger partial charge in [-0.3, -0.25) is 0 Å². The van der Waals surface area contributed by atoms with Crippen LogP contribution in [0.25, 0.3) is 0 Å². The standard InChI is InChI=1S/C16H20N2O2S/c17-16(21(19,20)15-9-5-2-6-10-15)13-18-12-11-14-7-3-1-4-8-14/h1-10,16,18H,11-13,17H2. The van der Waals surface area contributed by atoms with Crippen LogP contribution in [0.3, 0.4) is 0 Å². The third-order valence-corrected chi connectivity index (χ3v) is 5.14. The highest BCUT2D eigenvalue weighted by molar-refractivity contribution is 7.92. The molecule has 2 rings (SSSR count). The highest BCUT2D eigenvalue weighted by atomic mass is 32.2. The minimum atomic E-state index is -3.47. The Hall–Kier alpha value is -1.69. The highest BCUT2D eigenvalue weighted by Gasteiger charge is 2.22. The third-order valence-electron chi connectivity index (χ3n) is 3.25. The zero-order valence-corrected chi connectivity index (χ0v) is 12.6. The van der Waals surface area contributed by atoms with Crippen molar-refractivity contribution in [2.45, 2.75) is 16.7 Å². The van der Waals surface area contributed by atoms with Gasteiger partial charge in [-0.25, -0.2) is 8.42 Å². The molecule has 0 aromatic heterocycles. The average molecular weight is 304 g/mol. The van der Waals surface area contributed by atoms with Gasteiger partial charge in [-0.1, -0.05) is 48.5 Å². The zero-order chi connectivity index (χ0) is 15.1. The first-order valence-electron chi connectivity index (χ1n) is 6.90. The van der Waals surface area contributed by atoms with Crippen LogP contribution in [0.1, 0.15) is 5.56 Å². The lowest BCUT2D eigenvalue weighted by molar-refractivity contribution is 0.567. The first-order chi connectivity index (χ1) is 10.1. The number of hydrogen-bond donors (Lipinski definition) is 2. The fourth-order valence-electron chi connectivity index (χ4n) is 2.02. The van der Waals surface area contributed by atoms with Crippen LogP contribution in [0.2, 0.25) is 0 Å². The second-order valence-electron chi connectivity index (χ2n) is 4.84. The van der Waals surface area contributed by atoms with Crippen LogP contribution in [-0.2, 0) is 16.3 Å². The van der Waals surface area contributed by atoms with E-state index < -0.39 is 15.2 Å². The van der Waals surface area contributed by atoms with Crippen molar-refractivity contribution in [2.24, 2.45) is 5.73 Å². The molecule has 0 radical (unpaired) electrons. The number of nitrogens with two attached hydrogens (primary N) is 1. The Morgan fingerprint density at radius 3 is 2.14 bits per heavy atom. The molecule has 4 nitrogen and oxygen atoms in total. The maximum Gasteiger partial charge on any atom is 0.195 e. The summed E-state index contributed by atoms with van der Waals surface area (Å²) in [6, 6.07) is 18.3. The van der Waals surface area contributed by atoms with Crippen LogP contribution in [0.15, 0.2) is 65.6 Å². The van der Waals surface area contributed by atoms with Crippen molar-refractivity contribution in [3.05, 3.63) is 66.2 Å². The molecule has 2 aromatic rings. The lowest BCUT2D eigenvalue weighted by Crippen LogP contribution is -2.40. The fourth-order valence-corrected chi connectivity index (χ4v) is 3.24. The second kappa shape index (κ2) is 7.36. The lowest BCUT2D eigenvalue weighted by Gasteiger charge is -2.14. The molecule has 5 heteroatoms. The predicted octanol–water partition coefficient (Wildman–Crippen LogP) is 1.58. The Balaban J connectivity index is 1.83. The van der Waals surface area contributed by atoms with Crippen LogP contribution in [0.5, 0.6) is 0 Å². The fraction of sp³-hybridized carbons (Fsp3) is 0.250. The van der Waals surface area contributed by atoms with Crippen molar-refractivity contribution < 1.29 is 8.42 Å². The van der Waals surface area contributed by atoms with E-state index in [2.05, 4.69) is 5.32 Å². The van der Waals surface area contributed by atoms with Crippen LogP contribution >= 0.6 is 0 Å². The lowest BCUT2D eigenvalue weighted by atomic mass is 10.1. The minimum Gasteiger partial charge on any atom is -0.314 e. The van der Waals surface area contributed by atoms with Gasteiger partial charge >= 0.3 is 0 Å². The van der Waals surface area contributed by atoms with Crippen molar-refractivity contribution in [3.8, 4) is 0 Å². The van der Waals surface area contributed by atoms with Crippen molar-refractivity contribution in [3.63, 3.8) is 0 Å². The van der Waals surface area contributed by atoms with Crippen molar-refractivity contribution in [1.29, 1.82) is 0 Å². The number of rotatable bonds is 7. The molecule has 1 unspecified atom stereocenters. The van der Waals surface area contributed by atoms with E-state index in [-0.39, 0.29) is 11.4 Å². The molecule has 0 heterocycles. The maximum absolute atomic E-state index is 12.2. The first-order valence-corrected chi connectivity index (χ1v) is 8.44. The van der Waals surface area contributed by atoms with E-state index in [1.54, 1.807) is 30.3 Å². The predicted molar refractivity (Wildman–Crippen MR) is 84.6 cm³/mol. The molecule has 0 spiro atoms. The molecule has 2 aromatic carbocycles. The van der Waals surface area contributed by atoms with Gasteiger partial charge in [0, 0.05) is 6.54 Å². The van der Waals surface area contributed by atoms with E-state index in [1.807, 2.05) is 30.3 Å². The summed E-state index contributed by atoms with van der Waals surface area (Å²) in [5.41, 5.74) is 7.02. The summed E-state index contributed by atoms with van der Waals surface area (Å²) in [6.07, 6.45) is 0.846. The normalized spacial score (nSPS) is 13.0. The summed E-state index contributed by atoms with van der Waals surface area (Å²) in [5, 5.41) is 2.17. The Bertz CT molecular complexity index is 642. The number of benzene rings is 2. The monoisotopic (exact) mass is 304 g/mol. The quantitative estimate of drug-likeness (QED) is 0.762. The molecule has 3 N–H and O–H groups in total. The molecule has 0 saturated carbocycles. The molecule has 21 heavy (non-hydrogen) atoms. The van der Waals surface area contributed by atoms with E-state index in [4.69, 9.17) is 5.73 Å². The van der Waals surface area contributed by atoms with Crippen LogP contribution in [-0.4, -0.2) is 26.9 Å². The van der Waals surface area contributed by atoms with Crippen molar-refractivity contribution in [2.75, 3.05) is 13.1 Å². The molecule has 0 aliphatic heterocycles. The minimum absolute atomic E-state index is 0.240. The maximum atomic E-state index is 12.2. The van der Waals surface area contributed by atoms with Gasteiger partial charge in [0.15, 0.2) is 9.84 Å². The van der Waals surface area contributed by atoms with Gasteiger partial charge < -0.3 is 11.1 Å². The Kier molecular flexibility index (Phi) is 5.50. The van der Waals surface area contributed by atoms with Gasteiger partial charge in [0.1, 0.15) is 5.37 Å². The number of hydrogen-bond acceptors (Lipinski definition) is 4. The van der Waals surface area contributed by atoms with E-state index in [0.29, 0.717) is 6.54 Å². The number of nitrogens with one attached hydrogen (secondary N) is 1. The summed E-state index contributed by atoms with van der Waals surface area (Å²) in [5.74, 6) is 0. The van der Waals surface area contributed by atoms with Gasteiger partial charge in [-0.15, -0.1) is 0 Å². The Morgan fingerprint density at radius 1 is 0.952 bits per heavy atom. The molecule has 0 aliphatic carbocycles. The molecule has 0 bridgehead atoms. The summed E-state index contributed by atoms with van der Waals surface area (Å²) in [6.45, 7) is 0.937. The van der Waals surface area contributed by atoms with E-state index in [9.17, 15) is 8.42 Å². The topological polar surface area (TPSA) is 72.2 Å². The van der Waals surface area contributed by atoms with Crippen LogP contribution < -0.4 is 11.1 Å². The molecule has 0 fully saturated rings. The van der Waals surface area contributed by atoms with Crippen LogP contribution in [0, 0.1) is 0 Å². The zero-order valence-electron chi connectivity index (χ0n) is 11.8. The SMILES string of the molecule is NC(CNCCc1ccccc1)S(=O)(=O)c1ccccc1. The number of sulfone groups is 1. The third kappa shape index (κ3) is 4.39. The highest BCUT2D eigenvalue weighted by Crippen LogP contribution is 2.12. The molecule has 0 aliphatic rings. The van der Waals surface area contributed by atoms with Crippen LogP contribution in [0.4, 0.5) is 0 Å². The second-order valence-corrected chi connectivity index (χ2v) is 7.00. The summed E-state index contributed by atoms with van der Waals surface area (Å²) < 4.78 is 24.5. The molecule has 0 amide bonds. The molecular weight excluding hydrogens is 284 g/mol. The molecule has 1 atom stereocenters. The largest absolute Gasteiger partial charge is 0.314 e. The van der Waals surface area contributed by atoms with Gasteiger partial charge in [0.25, 0.3) is 0 Å². The van der Waals surface area contributed by atoms with E-state index >= 15 is 0 Å². The first kappa shape index (κ1) is 15.7. The van der Waals surface area contributed by atoms with Gasteiger partial charge in [-0.2, -0.15) is 0 Å². The van der Waals surface area contributed by atoms with Gasteiger partial charge in [0.05, 0.1) is 4.90 Å².